The first-order valence-corrected chi connectivity index (χ1v) is 12.6. The maximum atomic E-state index is 12.8. The lowest BCUT2D eigenvalue weighted by molar-refractivity contribution is -0.132. The summed E-state index contributed by atoms with van der Waals surface area (Å²) >= 11 is 7.37. The van der Waals surface area contributed by atoms with Gasteiger partial charge in [-0.2, -0.15) is 0 Å². The molecule has 0 spiro atoms. The van der Waals surface area contributed by atoms with Crippen molar-refractivity contribution in [3.8, 4) is 5.75 Å². The van der Waals surface area contributed by atoms with Gasteiger partial charge in [0.15, 0.2) is 0 Å². The van der Waals surface area contributed by atoms with E-state index < -0.39 is 0 Å². The Morgan fingerprint density at radius 3 is 2.29 bits per heavy atom. The van der Waals surface area contributed by atoms with Crippen LogP contribution in [0, 0.1) is 0 Å². The van der Waals surface area contributed by atoms with Crippen LogP contribution in [0.15, 0.2) is 53.9 Å². The fourth-order valence-corrected chi connectivity index (χ4v) is 4.62. The van der Waals surface area contributed by atoms with Crippen molar-refractivity contribution >= 4 is 34.8 Å². The van der Waals surface area contributed by atoms with Crippen LogP contribution in [0.2, 0.25) is 5.02 Å². The number of carbonyl (C=O) groups is 2. The summed E-state index contributed by atoms with van der Waals surface area (Å²) in [6.45, 7) is 6.75. The zero-order valence-electron chi connectivity index (χ0n) is 19.4. The number of aromatic nitrogens is 1. The number of carbonyl (C=O) groups excluding carboxylic acids is 2. The van der Waals surface area contributed by atoms with Gasteiger partial charge in [0.1, 0.15) is 17.4 Å². The minimum atomic E-state index is 0.0206. The molecule has 0 saturated carbocycles. The molecule has 0 bridgehead atoms. The minimum Gasteiger partial charge on any atom is -0.486 e. The molecule has 0 aliphatic carbocycles. The van der Waals surface area contributed by atoms with Gasteiger partial charge >= 0.3 is 0 Å². The second-order valence-corrected chi connectivity index (χ2v) is 9.98. The third-order valence-corrected chi connectivity index (χ3v) is 6.97. The van der Waals surface area contributed by atoms with E-state index in [0.717, 1.165) is 16.5 Å². The first kappa shape index (κ1) is 24.2. The van der Waals surface area contributed by atoms with Gasteiger partial charge in [-0.3, -0.25) is 9.59 Å². The zero-order chi connectivity index (χ0) is 24.1. The van der Waals surface area contributed by atoms with E-state index in [-0.39, 0.29) is 18.2 Å². The van der Waals surface area contributed by atoms with Gasteiger partial charge in [-0.1, -0.05) is 37.6 Å². The Balaban J connectivity index is 1.24. The van der Waals surface area contributed by atoms with E-state index in [1.165, 1.54) is 16.9 Å². The number of hydrogen-bond donors (Lipinski definition) is 0. The van der Waals surface area contributed by atoms with Crippen molar-refractivity contribution in [1.29, 1.82) is 0 Å². The van der Waals surface area contributed by atoms with Crippen molar-refractivity contribution in [2.45, 2.75) is 32.8 Å². The number of piperazine rings is 1. The molecular weight excluding hydrogens is 470 g/mol. The summed E-state index contributed by atoms with van der Waals surface area (Å²) in [5.74, 6) is 1.21. The third-order valence-electron chi connectivity index (χ3n) is 5.85. The Hall–Kier alpha value is -2.90. The van der Waals surface area contributed by atoms with Gasteiger partial charge in [-0.15, -0.1) is 11.3 Å². The minimum absolute atomic E-state index is 0.0206. The molecule has 0 unspecified atom stereocenters. The number of thiazole rings is 1. The number of nitrogens with zero attached hydrogens (tertiary/aromatic N) is 3. The Morgan fingerprint density at radius 2 is 1.65 bits per heavy atom. The van der Waals surface area contributed by atoms with Crippen LogP contribution in [-0.4, -0.2) is 52.8 Å². The maximum Gasteiger partial charge on any atom is 0.253 e. The molecule has 2 aromatic carbocycles. The SMILES string of the molecule is CC(C)c1ccc(C(=O)N2CCN(C(=O)Cc3csc(COc4ccc(Cl)cc4)n3)CC2)cc1. The molecule has 2 amide bonds. The molecule has 6 nitrogen and oxygen atoms in total. The number of ether oxygens (including phenoxy) is 1. The highest BCUT2D eigenvalue weighted by atomic mass is 35.5. The highest BCUT2D eigenvalue weighted by Gasteiger charge is 2.25. The molecule has 0 atom stereocenters. The van der Waals surface area contributed by atoms with Crippen molar-refractivity contribution < 1.29 is 14.3 Å². The molecule has 1 saturated heterocycles. The number of rotatable bonds is 7. The second kappa shape index (κ2) is 11.0. The molecule has 1 fully saturated rings. The van der Waals surface area contributed by atoms with Gasteiger partial charge in [0.05, 0.1) is 12.1 Å². The molecule has 1 aliphatic heterocycles. The van der Waals surface area contributed by atoms with E-state index in [0.29, 0.717) is 49.3 Å². The summed E-state index contributed by atoms with van der Waals surface area (Å²) in [4.78, 5) is 33.8. The van der Waals surface area contributed by atoms with E-state index in [1.807, 2.05) is 51.6 Å². The van der Waals surface area contributed by atoms with Gasteiger partial charge in [0, 0.05) is 42.1 Å². The normalized spacial score (nSPS) is 13.9. The van der Waals surface area contributed by atoms with Gasteiger partial charge in [0.25, 0.3) is 5.91 Å². The summed E-state index contributed by atoms with van der Waals surface area (Å²) in [7, 11) is 0. The average Bonchev–Trinajstić information content (AvgIpc) is 3.30. The molecule has 8 heteroatoms. The average molecular weight is 498 g/mol. The first-order valence-electron chi connectivity index (χ1n) is 11.4. The molecule has 1 aliphatic rings. The first-order chi connectivity index (χ1) is 16.4. The highest BCUT2D eigenvalue weighted by molar-refractivity contribution is 7.09. The van der Waals surface area contributed by atoms with Crippen LogP contribution in [-0.2, 0) is 17.8 Å². The summed E-state index contributed by atoms with van der Waals surface area (Å²) in [6, 6.07) is 15.0. The van der Waals surface area contributed by atoms with E-state index in [9.17, 15) is 9.59 Å². The Bertz CT molecular complexity index is 1120. The molecule has 4 rings (SSSR count). The molecule has 3 aromatic rings. The molecule has 2 heterocycles. The van der Waals surface area contributed by atoms with Crippen LogP contribution < -0.4 is 4.74 Å². The van der Waals surface area contributed by atoms with Crippen LogP contribution in [0.25, 0.3) is 0 Å². The summed E-state index contributed by atoms with van der Waals surface area (Å²) in [6.07, 6.45) is 0.252. The van der Waals surface area contributed by atoms with Crippen molar-refractivity contribution in [3.63, 3.8) is 0 Å². The fourth-order valence-electron chi connectivity index (χ4n) is 3.79. The highest BCUT2D eigenvalue weighted by Crippen LogP contribution is 2.19. The van der Waals surface area contributed by atoms with E-state index >= 15 is 0 Å². The maximum absolute atomic E-state index is 12.8. The lowest BCUT2D eigenvalue weighted by Crippen LogP contribution is -2.51. The van der Waals surface area contributed by atoms with Gasteiger partial charge in [-0.05, 0) is 47.9 Å². The van der Waals surface area contributed by atoms with Crippen molar-refractivity contribution in [2.75, 3.05) is 26.2 Å². The van der Waals surface area contributed by atoms with E-state index in [4.69, 9.17) is 16.3 Å². The molecule has 1 aromatic heterocycles. The predicted octanol–water partition coefficient (Wildman–Crippen LogP) is 5.03. The van der Waals surface area contributed by atoms with E-state index in [1.54, 1.807) is 12.1 Å². The van der Waals surface area contributed by atoms with Crippen LogP contribution in [0.3, 0.4) is 0 Å². The molecular formula is C26H28ClN3O3S. The summed E-state index contributed by atoms with van der Waals surface area (Å²) < 4.78 is 5.73. The number of benzene rings is 2. The van der Waals surface area contributed by atoms with E-state index in [2.05, 4.69) is 18.8 Å². The van der Waals surface area contributed by atoms with Crippen molar-refractivity contribution in [3.05, 3.63) is 80.8 Å². The number of halogens is 1. The topological polar surface area (TPSA) is 62.7 Å². The lowest BCUT2D eigenvalue weighted by Gasteiger charge is -2.34. The third kappa shape index (κ3) is 6.15. The van der Waals surface area contributed by atoms with Crippen LogP contribution in [0.1, 0.15) is 46.4 Å². The van der Waals surface area contributed by atoms with Gasteiger partial charge in [-0.25, -0.2) is 4.98 Å². The van der Waals surface area contributed by atoms with Crippen molar-refractivity contribution in [2.24, 2.45) is 0 Å². The number of hydrogen-bond acceptors (Lipinski definition) is 5. The Kier molecular flexibility index (Phi) is 7.85. The molecule has 34 heavy (non-hydrogen) atoms. The van der Waals surface area contributed by atoms with Crippen molar-refractivity contribution in [1.82, 2.24) is 14.8 Å². The predicted molar refractivity (Wildman–Crippen MR) is 135 cm³/mol. The van der Waals surface area contributed by atoms with Crippen LogP contribution in [0.4, 0.5) is 0 Å². The monoisotopic (exact) mass is 497 g/mol. The summed E-state index contributed by atoms with van der Waals surface area (Å²) in [5.41, 5.74) is 2.65. The quantitative estimate of drug-likeness (QED) is 0.459. The molecule has 0 radical (unpaired) electrons. The molecule has 178 valence electrons. The smallest absolute Gasteiger partial charge is 0.253 e. The Morgan fingerprint density at radius 1 is 1.00 bits per heavy atom. The van der Waals surface area contributed by atoms with Gasteiger partial charge in [0.2, 0.25) is 5.91 Å². The lowest BCUT2D eigenvalue weighted by atomic mass is 10.0. The largest absolute Gasteiger partial charge is 0.486 e. The van der Waals surface area contributed by atoms with Gasteiger partial charge < -0.3 is 14.5 Å². The molecule has 0 N–H and O–H groups in total. The van der Waals surface area contributed by atoms with Crippen LogP contribution >= 0.6 is 22.9 Å². The second-order valence-electron chi connectivity index (χ2n) is 8.60. The fraction of sp³-hybridized carbons (Fsp3) is 0.346. The number of amides is 2. The van der Waals surface area contributed by atoms with Crippen LogP contribution in [0.5, 0.6) is 5.75 Å². The Labute approximate surface area is 209 Å². The summed E-state index contributed by atoms with van der Waals surface area (Å²) in [5, 5.41) is 3.38. The zero-order valence-corrected chi connectivity index (χ0v) is 20.9. The standard InChI is InChI=1S/C26H28ClN3O3S/c1-18(2)19-3-5-20(6-4-19)26(32)30-13-11-29(12-14-30)25(31)15-22-17-34-24(28-22)16-33-23-9-7-21(27)8-10-23/h3-10,17-18H,11-16H2,1-2H3.